The van der Waals surface area contributed by atoms with Crippen molar-refractivity contribution in [3.8, 4) is 0 Å². The Hall–Kier alpha value is -1.16. The monoisotopic (exact) mass is 206 g/mol. The first-order chi connectivity index (χ1) is 7.42. The summed E-state index contributed by atoms with van der Waals surface area (Å²) in [6, 6.07) is 2.58. The Morgan fingerprint density at radius 3 is 3.27 bits per heavy atom. The first-order valence-electron chi connectivity index (χ1n) is 5.65. The molecule has 82 valence electrons. The number of nitrogens with zero attached hydrogens (tertiary/aromatic N) is 3. The van der Waals surface area contributed by atoms with Gasteiger partial charge in [0.25, 0.3) is 0 Å². The number of nitrogens with one attached hydrogen (secondary N) is 1. The quantitative estimate of drug-likeness (QED) is 0.802. The molecule has 0 spiro atoms. The van der Waals surface area contributed by atoms with E-state index in [1.54, 1.807) is 6.33 Å². The molecule has 0 aromatic carbocycles. The largest absolute Gasteiger partial charge is 0.351 e. The molecule has 0 amide bonds. The summed E-state index contributed by atoms with van der Waals surface area (Å²) in [6.45, 7) is 5.39. The standard InChI is InChI=1S/C11H18N4/c1-2-3-10-8-12-6-7-15(10)11-4-5-13-9-14-11/h4-5,9-10,12H,2-3,6-8H2,1H3. The van der Waals surface area contributed by atoms with Crippen LogP contribution in [-0.2, 0) is 0 Å². The van der Waals surface area contributed by atoms with Crippen molar-refractivity contribution in [3.63, 3.8) is 0 Å². The van der Waals surface area contributed by atoms with E-state index in [1.807, 2.05) is 12.3 Å². The molecule has 2 rings (SSSR count). The highest BCUT2D eigenvalue weighted by Gasteiger charge is 2.21. The van der Waals surface area contributed by atoms with Crippen LogP contribution in [-0.4, -0.2) is 35.6 Å². The van der Waals surface area contributed by atoms with E-state index in [0.717, 1.165) is 25.5 Å². The van der Waals surface area contributed by atoms with Gasteiger partial charge in [-0.1, -0.05) is 13.3 Å². The van der Waals surface area contributed by atoms with Crippen LogP contribution in [0.3, 0.4) is 0 Å². The molecule has 2 heterocycles. The Bertz CT molecular complexity index is 286. The van der Waals surface area contributed by atoms with Crippen LogP contribution in [0.2, 0.25) is 0 Å². The number of rotatable bonds is 3. The lowest BCUT2D eigenvalue weighted by molar-refractivity contribution is 0.447. The molecule has 1 aromatic rings. The van der Waals surface area contributed by atoms with Gasteiger partial charge in [0.05, 0.1) is 0 Å². The highest BCUT2D eigenvalue weighted by atomic mass is 15.3. The van der Waals surface area contributed by atoms with Crippen LogP contribution in [0.25, 0.3) is 0 Å². The molecule has 0 aliphatic carbocycles. The fraction of sp³-hybridized carbons (Fsp3) is 0.636. The Labute approximate surface area is 90.7 Å². The summed E-state index contributed by atoms with van der Waals surface area (Å²) < 4.78 is 0. The van der Waals surface area contributed by atoms with Crippen molar-refractivity contribution in [2.24, 2.45) is 0 Å². The molecule has 0 saturated carbocycles. The van der Waals surface area contributed by atoms with Gasteiger partial charge in [-0.15, -0.1) is 0 Å². The number of aromatic nitrogens is 2. The van der Waals surface area contributed by atoms with Gasteiger partial charge in [0, 0.05) is 31.9 Å². The first-order valence-corrected chi connectivity index (χ1v) is 5.65. The molecule has 1 aliphatic heterocycles. The molecule has 1 saturated heterocycles. The Morgan fingerprint density at radius 1 is 1.60 bits per heavy atom. The van der Waals surface area contributed by atoms with Gasteiger partial charge in [0.15, 0.2) is 0 Å². The van der Waals surface area contributed by atoms with E-state index in [0.29, 0.717) is 6.04 Å². The molecule has 1 fully saturated rings. The Balaban J connectivity index is 2.11. The van der Waals surface area contributed by atoms with Crippen LogP contribution < -0.4 is 10.2 Å². The maximum atomic E-state index is 4.32. The van der Waals surface area contributed by atoms with E-state index < -0.39 is 0 Å². The van der Waals surface area contributed by atoms with Gasteiger partial charge >= 0.3 is 0 Å². The highest BCUT2D eigenvalue weighted by Crippen LogP contribution is 2.17. The van der Waals surface area contributed by atoms with E-state index in [9.17, 15) is 0 Å². The fourth-order valence-corrected chi connectivity index (χ4v) is 2.11. The van der Waals surface area contributed by atoms with Crippen molar-refractivity contribution in [2.75, 3.05) is 24.5 Å². The number of anilines is 1. The third kappa shape index (κ3) is 2.45. The van der Waals surface area contributed by atoms with Crippen LogP contribution in [0.5, 0.6) is 0 Å². The van der Waals surface area contributed by atoms with Crippen molar-refractivity contribution >= 4 is 5.82 Å². The molecule has 4 nitrogen and oxygen atoms in total. The summed E-state index contributed by atoms with van der Waals surface area (Å²) in [5.74, 6) is 1.06. The average Bonchev–Trinajstić information content (AvgIpc) is 2.31. The minimum Gasteiger partial charge on any atom is -0.351 e. The maximum absolute atomic E-state index is 4.32. The average molecular weight is 206 g/mol. The van der Waals surface area contributed by atoms with Gasteiger partial charge in [-0.25, -0.2) is 9.97 Å². The normalized spacial score (nSPS) is 21.7. The molecule has 1 N–H and O–H groups in total. The van der Waals surface area contributed by atoms with Crippen LogP contribution in [0.4, 0.5) is 5.82 Å². The topological polar surface area (TPSA) is 41.0 Å². The zero-order valence-corrected chi connectivity index (χ0v) is 9.19. The minimum absolute atomic E-state index is 0.582. The second-order valence-corrected chi connectivity index (χ2v) is 3.91. The summed E-state index contributed by atoms with van der Waals surface area (Å²) in [6.07, 6.45) is 5.87. The molecule has 1 atom stereocenters. The van der Waals surface area contributed by atoms with Gasteiger partial charge in [-0.3, -0.25) is 0 Å². The van der Waals surface area contributed by atoms with Crippen LogP contribution in [0.15, 0.2) is 18.6 Å². The molecule has 1 unspecified atom stereocenters. The molecule has 4 heteroatoms. The van der Waals surface area contributed by atoms with E-state index in [4.69, 9.17) is 0 Å². The molecule has 15 heavy (non-hydrogen) atoms. The predicted octanol–water partition coefficient (Wildman–Crippen LogP) is 1.05. The molecule has 0 bridgehead atoms. The van der Waals surface area contributed by atoms with E-state index in [2.05, 4.69) is 27.1 Å². The van der Waals surface area contributed by atoms with Crippen molar-refractivity contribution < 1.29 is 0 Å². The van der Waals surface area contributed by atoms with Gasteiger partial charge in [0.2, 0.25) is 0 Å². The summed E-state index contributed by atoms with van der Waals surface area (Å²) in [4.78, 5) is 10.7. The van der Waals surface area contributed by atoms with Gasteiger partial charge in [-0.2, -0.15) is 0 Å². The van der Waals surface area contributed by atoms with Gasteiger partial charge in [-0.05, 0) is 12.5 Å². The smallest absolute Gasteiger partial charge is 0.132 e. The first kappa shape index (κ1) is 10.4. The SMILES string of the molecule is CCCC1CNCCN1c1ccncn1. The summed E-state index contributed by atoms with van der Waals surface area (Å²) >= 11 is 0. The van der Waals surface area contributed by atoms with Gasteiger partial charge < -0.3 is 10.2 Å². The predicted molar refractivity (Wildman–Crippen MR) is 60.9 cm³/mol. The molecule has 0 radical (unpaired) electrons. The zero-order valence-electron chi connectivity index (χ0n) is 9.19. The molecule has 1 aliphatic rings. The number of piperazine rings is 1. The third-order valence-corrected chi connectivity index (χ3v) is 2.83. The zero-order chi connectivity index (χ0) is 10.5. The fourth-order valence-electron chi connectivity index (χ4n) is 2.11. The highest BCUT2D eigenvalue weighted by molar-refractivity contribution is 5.38. The van der Waals surface area contributed by atoms with Crippen molar-refractivity contribution in [1.29, 1.82) is 0 Å². The van der Waals surface area contributed by atoms with Crippen LogP contribution >= 0.6 is 0 Å². The molecular weight excluding hydrogens is 188 g/mol. The van der Waals surface area contributed by atoms with E-state index in [-0.39, 0.29) is 0 Å². The second kappa shape index (κ2) is 5.07. The lowest BCUT2D eigenvalue weighted by Crippen LogP contribution is -2.51. The lowest BCUT2D eigenvalue weighted by Gasteiger charge is -2.37. The van der Waals surface area contributed by atoms with Crippen molar-refractivity contribution in [1.82, 2.24) is 15.3 Å². The summed E-state index contributed by atoms with van der Waals surface area (Å²) in [5, 5.41) is 3.43. The minimum atomic E-state index is 0.582. The van der Waals surface area contributed by atoms with Gasteiger partial charge in [0.1, 0.15) is 12.1 Å². The molecule has 1 aromatic heterocycles. The van der Waals surface area contributed by atoms with Crippen molar-refractivity contribution in [2.45, 2.75) is 25.8 Å². The van der Waals surface area contributed by atoms with E-state index in [1.165, 1.54) is 12.8 Å². The second-order valence-electron chi connectivity index (χ2n) is 3.91. The Kier molecular flexibility index (Phi) is 3.50. The summed E-state index contributed by atoms with van der Waals surface area (Å²) in [5.41, 5.74) is 0. The summed E-state index contributed by atoms with van der Waals surface area (Å²) in [7, 11) is 0. The van der Waals surface area contributed by atoms with Crippen molar-refractivity contribution in [3.05, 3.63) is 18.6 Å². The van der Waals surface area contributed by atoms with Crippen LogP contribution in [0, 0.1) is 0 Å². The number of hydrogen-bond acceptors (Lipinski definition) is 4. The Morgan fingerprint density at radius 2 is 2.53 bits per heavy atom. The number of hydrogen-bond donors (Lipinski definition) is 1. The molecular formula is C11H18N4. The third-order valence-electron chi connectivity index (χ3n) is 2.83. The van der Waals surface area contributed by atoms with E-state index >= 15 is 0 Å². The lowest BCUT2D eigenvalue weighted by atomic mass is 10.1. The van der Waals surface area contributed by atoms with Crippen LogP contribution in [0.1, 0.15) is 19.8 Å². The maximum Gasteiger partial charge on any atom is 0.132 e.